The highest BCUT2D eigenvalue weighted by Gasteiger charge is 2.59. The van der Waals surface area contributed by atoms with Gasteiger partial charge in [-0.05, 0) is 72.2 Å². The van der Waals surface area contributed by atoms with Crippen LogP contribution < -0.4 is 5.73 Å². The summed E-state index contributed by atoms with van der Waals surface area (Å²) in [4.78, 5) is 3.76. The highest BCUT2D eigenvalue weighted by molar-refractivity contribution is 7.80. The molecule has 4 rings (SSSR count). The topological polar surface area (TPSA) is 29.3 Å². The number of hydrogen-bond acceptors (Lipinski definition) is 2. The van der Waals surface area contributed by atoms with Crippen molar-refractivity contribution in [1.29, 1.82) is 0 Å². The molecule has 3 heteroatoms. The van der Waals surface area contributed by atoms with Crippen LogP contribution in [-0.2, 0) is 5.41 Å². The van der Waals surface area contributed by atoms with Crippen molar-refractivity contribution < 1.29 is 0 Å². The third kappa shape index (κ3) is 3.96. The number of fused-ring (bicyclic) bond motifs is 2. The molecule has 6 atom stereocenters. The third-order valence-electron chi connectivity index (χ3n) is 10.1. The van der Waals surface area contributed by atoms with Gasteiger partial charge in [-0.2, -0.15) is 0 Å². The highest BCUT2D eigenvalue weighted by atomic mass is 32.1. The maximum absolute atomic E-state index is 6.47. The number of thiocarbonyl (C=S) groups is 1. The molecule has 6 unspecified atom stereocenters. The molecule has 2 saturated carbocycles. The second kappa shape index (κ2) is 8.38. The molecule has 2 bridgehead atoms. The van der Waals surface area contributed by atoms with Gasteiger partial charge in [-0.15, -0.1) is 0 Å². The molecule has 0 aromatic heterocycles. The van der Waals surface area contributed by atoms with E-state index in [0.29, 0.717) is 5.41 Å². The highest BCUT2D eigenvalue weighted by Crippen LogP contribution is 2.65. The van der Waals surface area contributed by atoms with Gasteiger partial charge >= 0.3 is 0 Å². The second-order valence-electron chi connectivity index (χ2n) is 13.0. The van der Waals surface area contributed by atoms with Crippen molar-refractivity contribution in [2.75, 3.05) is 13.1 Å². The van der Waals surface area contributed by atoms with Gasteiger partial charge in [-0.25, -0.2) is 0 Å². The summed E-state index contributed by atoms with van der Waals surface area (Å²) >= 11 is 6.38. The van der Waals surface area contributed by atoms with E-state index in [9.17, 15) is 0 Å². The molecule has 1 saturated heterocycles. The van der Waals surface area contributed by atoms with Gasteiger partial charge < -0.3 is 10.6 Å². The van der Waals surface area contributed by atoms with Crippen molar-refractivity contribution in [2.45, 2.75) is 97.9 Å². The Bertz CT molecular complexity index is 831. The average Bonchev–Trinajstić information content (AvgIpc) is 2.74. The maximum Gasteiger partial charge on any atom is 0.0839 e. The van der Waals surface area contributed by atoms with E-state index in [4.69, 9.17) is 18.0 Å². The first kappa shape index (κ1) is 24.2. The molecule has 0 spiro atoms. The number of likely N-dealkylation sites (tertiary alicyclic amines) is 1. The number of benzene rings is 1. The van der Waals surface area contributed by atoms with Crippen molar-refractivity contribution in [3.63, 3.8) is 0 Å². The van der Waals surface area contributed by atoms with Crippen LogP contribution in [0.2, 0.25) is 0 Å². The molecule has 2 aliphatic carbocycles. The van der Waals surface area contributed by atoms with Gasteiger partial charge in [0.1, 0.15) is 0 Å². The van der Waals surface area contributed by atoms with Crippen molar-refractivity contribution in [3.05, 3.63) is 35.9 Å². The van der Waals surface area contributed by atoms with Gasteiger partial charge in [0, 0.05) is 24.5 Å². The first-order valence-electron chi connectivity index (χ1n) is 13.1. The molecule has 3 aliphatic rings. The lowest BCUT2D eigenvalue weighted by Gasteiger charge is -2.62. The quantitative estimate of drug-likeness (QED) is 0.498. The standard InChI is InChI=1S/C29H46N2S/c1-7-14-28(6)21(2)16-29(22-11-9-8-10-12-22)18-23(28)17-27(5,19-29)25(32)31-15-13-24(30)26(3,4)20-31/h8-12,21,23-24H,7,13-20,30H2,1-6H3. The van der Waals surface area contributed by atoms with Crippen LogP contribution >= 0.6 is 12.2 Å². The molecule has 1 heterocycles. The lowest BCUT2D eigenvalue weighted by atomic mass is 9.43. The van der Waals surface area contributed by atoms with E-state index in [-0.39, 0.29) is 22.3 Å². The fourth-order valence-electron chi connectivity index (χ4n) is 8.03. The predicted octanol–water partition coefficient (Wildman–Crippen LogP) is 6.96. The number of hydrogen-bond donors (Lipinski definition) is 1. The van der Waals surface area contributed by atoms with Crippen LogP contribution in [0.5, 0.6) is 0 Å². The number of nitrogens with two attached hydrogens (primary N) is 1. The predicted molar refractivity (Wildman–Crippen MR) is 141 cm³/mol. The lowest BCUT2D eigenvalue weighted by molar-refractivity contribution is -0.0643. The van der Waals surface area contributed by atoms with Gasteiger partial charge in [-0.1, -0.05) is 90.5 Å². The molecule has 1 aromatic carbocycles. The fourth-order valence-corrected chi connectivity index (χ4v) is 8.34. The zero-order valence-corrected chi connectivity index (χ0v) is 22.2. The Balaban J connectivity index is 1.71. The minimum Gasteiger partial charge on any atom is -0.365 e. The van der Waals surface area contributed by atoms with E-state index in [2.05, 4.69) is 76.8 Å². The smallest absolute Gasteiger partial charge is 0.0839 e. The first-order valence-corrected chi connectivity index (χ1v) is 13.5. The van der Waals surface area contributed by atoms with E-state index in [1.807, 2.05) is 0 Å². The zero-order chi connectivity index (χ0) is 23.4. The fraction of sp³-hybridized carbons (Fsp3) is 0.759. The Kier molecular flexibility index (Phi) is 6.34. The molecule has 0 radical (unpaired) electrons. The zero-order valence-electron chi connectivity index (χ0n) is 21.4. The Labute approximate surface area is 202 Å². The summed E-state index contributed by atoms with van der Waals surface area (Å²) in [7, 11) is 0. The number of nitrogens with zero attached hydrogens (tertiary/aromatic N) is 1. The average molecular weight is 455 g/mol. The van der Waals surface area contributed by atoms with Gasteiger partial charge in [-0.3, -0.25) is 0 Å². The molecule has 0 amide bonds. The van der Waals surface area contributed by atoms with Gasteiger partial charge in [0.2, 0.25) is 0 Å². The van der Waals surface area contributed by atoms with Crippen molar-refractivity contribution in [2.24, 2.45) is 33.8 Å². The largest absolute Gasteiger partial charge is 0.365 e. The molecule has 178 valence electrons. The van der Waals surface area contributed by atoms with Crippen molar-refractivity contribution in [3.8, 4) is 0 Å². The van der Waals surface area contributed by atoms with Crippen LogP contribution in [0.1, 0.15) is 92.1 Å². The van der Waals surface area contributed by atoms with Crippen LogP contribution in [0, 0.1) is 28.1 Å². The van der Waals surface area contributed by atoms with Crippen molar-refractivity contribution in [1.82, 2.24) is 4.90 Å². The minimum absolute atomic E-state index is 0.0702. The number of rotatable bonds is 4. The minimum atomic E-state index is 0.0702. The summed E-state index contributed by atoms with van der Waals surface area (Å²) < 4.78 is 0. The van der Waals surface area contributed by atoms with E-state index in [0.717, 1.165) is 31.3 Å². The monoisotopic (exact) mass is 454 g/mol. The maximum atomic E-state index is 6.47. The molecule has 1 aliphatic heterocycles. The summed E-state index contributed by atoms with van der Waals surface area (Å²) in [5.41, 5.74) is 8.86. The van der Waals surface area contributed by atoms with E-state index >= 15 is 0 Å². The molecular formula is C29H46N2S. The lowest BCUT2D eigenvalue weighted by Crippen LogP contribution is -2.60. The van der Waals surface area contributed by atoms with Crippen molar-refractivity contribution >= 4 is 17.2 Å². The molecule has 2 nitrogen and oxygen atoms in total. The Morgan fingerprint density at radius 1 is 1.09 bits per heavy atom. The van der Waals surface area contributed by atoms with Crippen LogP contribution in [0.4, 0.5) is 0 Å². The summed E-state index contributed by atoms with van der Waals surface area (Å²) in [6.45, 7) is 16.6. The van der Waals surface area contributed by atoms with Gasteiger partial charge in [0.25, 0.3) is 0 Å². The summed E-state index contributed by atoms with van der Waals surface area (Å²) in [6.07, 6.45) is 8.69. The van der Waals surface area contributed by atoms with Gasteiger partial charge in [0.05, 0.1) is 4.99 Å². The second-order valence-corrected chi connectivity index (χ2v) is 13.3. The van der Waals surface area contributed by atoms with Crippen LogP contribution in [0.3, 0.4) is 0 Å². The molecule has 1 aromatic rings. The van der Waals surface area contributed by atoms with Crippen LogP contribution in [0.25, 0.3) is 0 Å². The first-order chi connectivity index (χ1) is 15.0. The molecule has 2 N–H and O–H groups in total. The summed E-state index contributed by atoms with van der Waals surface area (Å²) in [6, 6.07) is 11.7. The SMILES string of the molecule is CCCC1(C)C(C)CC2(c3ccccc3)CC1CC(C)(C(=S)N1CCC(N)C(C)(C)C1)C2. The Morgan fingerprint density at radius 3 is 2.41 bits per heavy atom. The number of piperidine rings is 1. The van der Waals surface area contributed by atoms with Gasteiger partial charge in [0.15, 0.2) is 0 Å². The third-order valence-corrected chi connectivity index (χ3v) is 10.9. The summed E-state index contributed by atoms with van der Waals surface area (Å²) in [5, 5.41) is 0. The Morgan fingerprint density at radius 2 is 1.78 bits per heavy atom. The van der Waals surface area contributed by atoms with E-state index in [1.165, 1.54) is 43.5 Å². The van der Waals surface area contributed by atoms with Crippen LogP contribution in [-0.4, -0.2) is 29.0 Å². The molecule has 3 fully saturated rings. The van der Waals surface area contributed by atoms with E-state index < -0.39 is 0 Å². The van der Waals surface area contributed by atoms with E-state index in [1.54, 1.807) is 5.56 Å². The van der Waals surface area contributed by atoms with Crippen LogP contribution in [0.15, 0.2) is 30.3 Å². The Hall–Kier alpha value is -0.930. The molecular weight excluding hydrogens is 408 g/mol. The molecule has 32 heavy (non-hydrogen) atoms. The summed E-state index contributed by atoms with van der Waals surface area (Å²) in [5.74, 6) is 1.47. The normalized spacial score (nSPS) is 41.3.